The molecule has 0 bridgehead atoms. The van der Waals surface area contributed by atoms with Crippen molar-refractivity contribution in [2.75, 3.05) is 6.61 Å². The van der Waals surface area contributed by atoms with E-state index in [0.29, 0.717) is 0 Å². The summed E-state index contributed by atoms with van der Waals surface area (Å²) in [6, 6.07) is 6.01. The van der Waals surface area contributed by atoms with Gasteiger partial charge in [-0.1, -0.05) is 6.07 Å². The van der Waals surface area contributed by atoms with Crippen LogP contribution in [0, 0.1) is 0 Å². The van der Waals surface area contributed by atoms with Crippen molar-refractivity contribution in [1.29, 1.82) is 0 Å². The number of aryl methyl sites for hydroxylation is 1. The van der Waals surface area contributed by atoms with Gasteiger partial charge in [0.2, 0.25) is 0 Å². The van der Waals surface area contributed by atoms with Gasteiger partial charge in [0.15, 0.2) is 0 Å². The van der Waals surface area contributed by atoms with Crippen LogP contribution >= 0.6 is 0 Å². The first-order valence-electron chi connectivity index (χ1n) is 5.98. The van der Waals surface area contributed by atoms with E-state index in [9.17, 15) is 5.11 Å². The summed E-state index contributed by atoms with van der Waals surface area (Å²) in [5.74, 6) is 1.07. The third-order valence-corrected chi connectivity index (χ3v) is 3.28. The number of aliphatic hydroxyl groups excluding tert-OH is 1. The number of hydrogen-bond acceptors (Lipinski definition) is 3. The highest BCUT2D eigenvalue weighted by Crippen LogP contribution is 2.27. The molecule has 0 fully saturated rings. The summed E-state index contributed by atoms with van der Waals surface area (Å²) >= 11 is 0. The fourth-order valence-electron chi connectivity index (χ4n) is 2.38. The van der Waals surface area contributed by atoms with E-state index < -0.39 is 0 Å². The van der Waals surface area contributed by atoms with Crippen LogP contribution in [-0.4, -0.2) is 26.2 Å². The molecule has 0 saturated heterocycles. The first-order chi connectivity index (χ1) is 8.38. The van der Waals surface area contributed by atoms with Crippen LogP contribution in [0.5, 0.6) is 0 Å². The second-order valence-electron chi connectivity index (χ2n) is 4.39. The molecule has 0 saturated carbocycles. The molecule has 88 valence electrons. The van der Waals surface area contributed by atoms with Crippen LogP contribution in [0.3, 0.4) is 0 Å². The fraction of sp³-hybridized carbons (Fsp3) is 0.385. The molecule has 3 heterocycles. The summed E-state index contributed by atoms with van der Waals surface area (Å²) in [5, 5.41) is 9.35. The van der Waals surface area contributed by atoms with Gasteiger partial charge in [-0.3, -0.25) is 4.98 Å². The van der Waals surface area contributed by atoms with Crippen molar-refractivity contribution in [3.8, 4) is 11.4 Å². The molecule has 2 aromatic heterocycles. The van der Waals surface area contributed by atoms with Gasteiger partial charge in [0.1, 0.15) is 11.5 Å². The molecule has 17 heavy (non-hydrogen) atoms. The molecule has 4 heteroatoms. The van der Waals surface area contributed by atoms with Gasteiger partial charge >= 0.3 is 0 Å². The molecule has 1 N–H and O–H groups in total. The van der Waals surface area contributed by atoms with Crippen LogP contribution in [0.1, 0.15) is 24.7 Å². The number of aromatic nitrogens is 3. The van der Waals surface area contributed by atoms with Gasteiger partial charge in [-0.25, -0.2) is 4.98 Å². The number of imidazole rings is 1. The Hall–Kier alpha value is -1.68. The van der Waals surface area contributed by atoms with Crippen molar-refractivity contribution >= 4 is 0 Å². The normalized spacial score (nSPS) is 19.0. The number of fused-ring (bicyclic) bond motifs is 1. The molecular weight excluding hydrogens is 214 g/mol. The molecule has 4 nitrogen and oxygen atoms in total. The van der Waals surface area contributed by atoms with Crippen molar-refractivity contribution in [2.24, 2.45) is 0 Å². The maximum Gasteiger partial charge on any atom is 0.109 e. The molecule has 0 aromatic carbocycles. The maximum absolute atomic E-state index is 9.35. The molecule has 1 aliphatic rings. The van der Waals surface area contributed by atoms with E-state index in [4.69, 9.17) is 0 Å². The molecule has 0 amide bonds. The zero-order valence-electron chi connectivity index (χ0n) is 9.58. The average molecular weight is 229 g/mol. The molecule has 1 atom stereocenters. The topological polar surface area (TPSA) is 50.9 Å². The van der Waals surface area contributed by atoms with E-state index in [1.165, 1.54) is 0 Å². The summed E-state index contributed by atoms with van der Waals surface area (Å²) in [5.41, 5.74) is 1.80. The molecule has 1 unspecified atom stereocenters. The van der Waals surface area contributed by atoms with Gasteiger partial charge < -0.3 is 9.67 Å². The van der Waals surface area contributed by atoms with Crippen LogP contribution in [0.25, 0.3) is 11.4 Å². The summed E-state index contributed by atoms with van der Waals surface area (Å²) < 4.78 is 2.10. The van der Waals surface area contributed by atoms with Crippen LogP contribution in [0.2, 0.25) is 0 Å². The standard InChI is InChI=1S/C13H15N3O/c17-9-10-4-3-6-13-15-12(8-16(10)13)11-5-1-2-7-14-11/h1-2,5,7-8,10,17H,3-4,6,9H2. The number of nitrogens with zero attached hydrogens (tertiary/aromatic N) is 3. The Morgan fingerprint density at radius 3 is 3.06 bits per heavy atom. The average Bonchev–Trinajstić information content (AvgIpc) is 2.83. The van der Waals surface area contributed by atoms with Crippen LogP contribution in [0.15, 0.2) is 30.6 Å². The molecule has 1 aliphatic heterocycles. The van der Waals surface area contributed by atoms with E-state index in [1.807, 2.05) is 24.4 Å². The maximum atomic E-state index is 9.35. The number of aliphatic hydroxyl groups is 1. The second kappa shape index (κ2) is 4.30. The minimum atomic E-state index is 0.184. The zero-order chi connectivity index (χ0) is 11.7. The Morgan fingerprint density at radius 2 is 2.29 bits per heavy atom. The van der Waals surface area contributed by atoms with E-state index in [0.717, 1.165) is 36.5 Å². The molecular formula is C13H15N3O. The second-order valence-corrected chi connectivity index (χ2v) is 4.39. The third kappa shape index (κ3) is 1.85. The summed E-state index contributed by atoms with van der Waals surface area (Å²) in [6.07, 6.45) is 6.91. The monoisotopic (exact) mass is 229 g/mol. The van der Waals surface area contributed by atoms with E-state index in [-0.39, 0.29) is 12.6 Å². The predicted molar refractivity (Wildman–Crippen MR) is 64.5 cm³/mol. The highest BCUT2D eigenvalue weighted by Gasteiger charge is 2.21. The van der Waals surface area contributed by atoms with Gasteiger partial charge in [0, 0.05) is 18.8 Å². The Balaban J connectivity index is 2.02. The van der Waals surface area contributed by atoms with Crippen molar-refractivity contribution in [1.82, 2.24) is 14.5 Å². The third-order valence-electron chi connectivity index (χ3n) is 3.28. The van der Waals surface area contributed by atoms with Crippen LogP contribution in [-0.2, 0) is 6.42 Å². The quantitative estimate of drug-likeness (QED) is 0.854. The Kier molecular flexibility index (Phi) is 2.65. The zero-order valence-corrected chi connectivity index (χ0v) is 9.58. The SMILES string of the molecule is OCC1CCCc2nc(-c3ccccn3)cn21. The van der Waals surface area contributed by atoms with Gasteiger partial charge in [-0.05, 0) is 25.0 Å². The minimum Gasteiger partial charge on any atom is -0.394 e. The van der Waals surface area contributed by atoms with E-state index in [2.05, 4.69) is 14.5 Å². The lowest BCUT2D eigenvalue weighted by atomic mass is 10.1. The highest BCUT2D eigenvalue weighted by molar-refractivity contribution is 5.53. The molecule has 3 rings (SSSR count). The lowest BCUT2D eigenvalue weighted by Gasteiger charge is -2.22. The molecule has 0 aliphatic carbocycles. The smallest absolute Gasteiger partial charge is 0.109 e. The predicted octanol–water partition coefficient (Wildman–Crippen LogP) is 1.81. The Bertz CT molecular complexity index is 507. The van der Waals surface area contributed by atoms with Gasteiger partial charge in [-0.2, -0.15) is 0 Å². The fourth-order valence-corrected chi connectivity index (χ4v) is 2.38. The lowest BCUT2D eigenvalue weighted by Crippen LogP contribution is -2.20. The van der Waals surface area contributed by atoms with Crippen molar-refractivity contribution in [3.05, 3.63) is 36.4 Å². The number of rotatable bonds is 2. The van der Waals surface area contributed by atoms with Gasteiger partial charge in [0.05, 0.1) is 18.3 Å². The Morgan fingerprint density at radius 1 is 1.35 bits per heavy atom. The Labute approximate surface area is 100.0 Å². The summed E-state index contributed by atoms with van der Waals surface area (Å²) in [4.78, 5) is 8.91. The highest BCUT2D eigenvalue weighted by atomic mass is 16.3. The van der Waals surface area contributed by atoms with Crippen LogP contribution in [0.4, 0.5) is 0 Å². The summed E-state index contributed by atoms with van der Waals surface area (Å²) in [6.45, 7) is 0.186. The first-order valence-corrected chi connectivity index (χ1v) is 5.98. The van der Waals surface area contributed by atoms with Crippen LogP contribution < -0.4 is 0 Å². The summed E-state index contributed by atoms with van der Waals surface area (Å²) in [7, 11) is 0. The van der Waals surface area contributed by atoms with Crippen molar-refractivity contribution in [3.63, 3.8) is 0 Å². The van der Waals surface area contributed by atoms with Gasteiger partial charge in [-0.15, -0.1) is 0 Å². The van der Waals surface area contributed by atoms with Crippen molar-refractivity contribution in [2.45, 2.75) is 25.3 Å². The largest absolute Gasteiger partial charge is 0.394 e. The molecule has 0 radical (unpaired) electrons. The van der Waals surface area contributed by atoms with E-state index in [1.54, 1.807) is 6.20 Å². The van der Waals surface area contributed by atoms with Crippen molar-refractivity contribution < 1.29 is 5.11 Å². The number of pyridine rings is 1. The van der Waals surface area contributed by atoms with E-state index >= 15 is 0 Å². The first kappa shape index (κ1) is 10.5. The number of hydrogen-bond donors (Lipinski definition) is 1. The van der Waals surface area contributed by atoms with Gasteiger partial charge in [0.25, 0.3) is 0 Å². The lowest BCUT2D eigenvalue weighted by molar-refractivity contribution is 0.206. The molecule has 0 spiro atoms. The minimum absolute atomic E-state index is 0.184. The molecule has 2 aromatic rings.